The van der Waals surface area contributed by atoms with E-state index in [-0.39, 0.29) is 17.2 Å². The molecule has 0 spiro atoms. The third kappa shape index (κ3) is 4.14. The van der Waals surface area contributed by atoms with Gasteiger partial charge in [-0.2, -0.15) is 10.4 Å². The second-order valence-corrected chi connectivity index (χ2v) is 8.21. The molecule has 1 amide bonds. The molecule has 9 heteroatoms. The molecule has 0 saturated heterocycles. The number of halogens is 1. The van der Waals surface area contributed by atoms with E-state index in [4.69, 9.17) is 11.6 Å². The fourth-order valence-corrected chi connectivity index (χ4v) is 3.91. The topological polar surface area (TPSA) is 112 Å². The predicted molar refractivity (Wildman–Crippen MR) is 125 cm³/mol. The van der Waals surface area contributed by atoms with Gasteiger partial charge in [-0.15, -0.1) is 0 Å². The van der Waals surface area contributed by atoms with Gasteiger partial charge in [0.25, 0.3) is 5.91 Å². The molecule has 0 fully saturated rings. The van der Waals surface area contributed by atoms with E-state index < -0.39 is 0 Å². The van der Waals surface area contributed by atoms with Crippen molar-refractivity contribution in [2.24, 2.45) is 0 Å². The minimum atomic E-state index is -0.363. The van der Waals surface area contributed by atoms with Crippen molar-refractivity contribution < 1.29 is 4.79 Å². The number of aryl methyl sites for hydroxylation is 1. The average molecular weight is 456 g/mol. The Labute approximate surface area is 193 Å². The van der Waals surface area contributed by atoms with Gasteiger partial charge >= 0.3 is 0 Å². The summed E-state index contributed by atoms with van der Waals surface area (Å²) in [7, 11) is 0. The van der Waals surface area contributed by atoms with Crippen LogP contribution in [-0.2, 0) is 13.1 Å². The first-order valence-electron chi connectivity index (χ1n) is 10.2. The van der Waals surface area contributed by atoms with Crippen molar-refractivity contribution in [3.63, 3.8) is 0 Å². The van der Waals surface area contributed by atoms with E-state index in [1.165, 1.54) is 0 Å². The lowest BCUT2D eigenvalue weighted by atomic mass is 10.1. The highest BCUT2D eigenvalue weighted by Crippen LogP contribution is 2.20. The molecule has 0 aliphatic carbocycles. The smallest absolute Gasteiger partial charge is 0.256 e. The van der Waals surface area contributed by atoms with Crippen molar-refractivity contribution in [3.8, 4) is 6.07 Å². The number of benzene rings is 1. The van der Waals surface area contributed by atoms with Crippen LogP contribution in [0.2, 0.25) is 5.02 Å². The zero-order valence-corrected chi connectivity index (χ0v) is 18.4. The van der Waals surface area contributed by atoms with Crippen molar-refractivity contribution in [1.29, 1.82) is 5.26 Å². The lowest BCUT2D eigenvalue weighted by molar-refractivity contribution is 0.0950. The van der Waals surface area contributed by atoms with Crippen LogP contribution < -0.4 is 5.32 Å². The zero-order valence-electron chi connectivity index (χ0n) is 17.6. The fourth-order valence-electron chi connectivity index (χ4n) is 3.74. The molecule has 0 radical (unpaired) electrons. The van der Waals surface area contributed by atoms with Gasteiger partial charge in [0.15, 0.2) is 5.69 Å². The molecule has 0 unspecified atom stereocenters. The van der Waals surface area contributed by atoms with Gasteiger partial charge in [0.1, 0.15) is 11.7 Å². The Kier molecular flexibility index (Phi) is 5.24. The van der Waals surface area contributed by atoms with Gasteiger partial charge in [0, 0.05) is 42.1 Å². The summed E-state index contributed by atoms with van der Waals surface area (Å²) in [5.74, 6) is -0.363. The fraction of sp³-hybridized carbons (Fsp3) is 0.125. The number of nitrogens with one attached hydrogen (secondary N) is 2. The molecule has 0 bridgehead atoms. The third-order valence-electron chi connectivity index (χ3n) is 5.42. The minimum Gasteiger partial charge on any atom is -0.348 e. The van der Waals surface area contributed by atoms with Crippen LogP contribution in [0.5, 0.6) is 0 Å². The molecule has 4 heterocycles. The molecule has 5 rings (SSSR count). The van der Waals surface area contributed by atoms with E-state index in [1.54, 1.807) is 23.3 Å². The Morgan fingerprint density at radius 3 is 2.94 bits per heavy atom. The molecule has 1 aromatic carbocycles. The van der Waals surface area contributed by atoms with Crippen LogP contribution in [0.3, 0.4) is 0 Å². The monoisotopic (exact) mass is 455 g/mol. The van der Waals surface area contributed by atoms with Crippen molar-refractivity contribution >= 4 is 39.4 Å². The summed E-state index contributed by atoms with van der Waals surface area (Å²) in [6.45, 7) is 2.69. The van der Waals surface area contributed by atoms with E-state index in [0.29, 0.717) is 18.1 Å². The molecule has 8 nitrogen and oxygen atoms in total. The van der Waals surface area contributed by atoms with E-state index >= 15 is 0 Å². The van der Waals surface area contributed by atoms with Gasteiger partial charge < -0.3 is 10.3 Å². The van der Waals surface area contributed by atoms with Crippen molar-refractivity contribution in [1.82, 2.24) is 30.0 Å². The highest BCUT2D eigenvalue weighted by Gasteiger charge is 2.17. The highest BCUT2D eigenvalue weighted by molar-refractivity contribution is 6.31. The van der Waals surface area contributed by atoms with Crippen LogP contribution in [0.1, 0.15) is 32.7 Å². The highest BCUT2D eigenvalue weighted by atomic mass is 35.5. The molecule has 0 aliphatic rings. The minimum absolute atomic E-state index is 0.0769. The van der Waals surface area contributed by atoms with Gasteiger partial charge in [0.05, 0.1) is 22.6 Å². The summed E-state index contributed by atoms with van der Waals surface area (Å²) < 4.78 is 1.59. The number of H-pyrrole nitrogens is 1. The number of amides is 1. The van der Waals surface area contributed by atoms with Gasteiger partial charge in [-0.1, -0.05) is 17.7 Å². The van der Waals surface area contributed by atoms with E-state index in [9.17, 15) is 10.1 Å². The normalized spacial score (nSPS) is 11.1. The van der Waals surface area contributed by atoms with Crippen LogP contribution in [-0.4, -0.2) is 30.6 Å². The predicted octanol–water partition coefficient (Wildman–Crippen LogP) is 4.12. The standard InChI is InChI=1S/C24H18ClN7O/c1-14-8-28-23-19(14)5-16(9-29-23)10-30-24(33)20-13-32(31-22(20)7-26)12-15-2-3-21-17(4-15)6-18(25)11-27-21/h2-6,8-9,11,13H,10,12H2,1H3,(H,28,29)(H,30,33). The van der Waals surface area contributed by atoms with E-state index in [0.717, 1.165) is 38.6 Å². The van der Waals surface area contributed by atoms with Gasteiger partial charge in [-0.3, -0.25) is 14.5 Å². The maximum Gasteiger partial charge on any atom is 0.256 e. The van der Waals surface area contributed by atoms with Gasteiger partial charge in [-0.05, 0) is 47.9 Å². The number of fused-ring (bicyclic) bond motifs is 2. The summed E-state index contributed by atoms with van der Waals surface area (Å²) in [4.78, 5) is 24.6. The maximum absolute atomic E-state index is 12.8. The largest absolute Gasteiger partial charge is 0.348 e. The average Bonchev–Trinajstić information content (AvgIpc) is 3.40. The lowest BCUT2D eigenvalue weighted by Gasteiger charge is -2.05. The molecule has 0 saturated carbocycles. The molecule has 2 N–H and O–H groups in total. The number of carbonyl (C=O) groups excluding carboxylic acids is 1. The van der Waals surface area contributed by atoms with Crippen molar-refractivity contribution in [2.45, 2.75) is 20.0 Å². The number of hydrogen-bond acceptors (Lipinski definition) is 5. The molecule has 0 aliphatic heterocycles. The summed E-state index contributed by atoms with van der Waals surface area (Å²) >= 11 is 6.05. The Hall–Kier alpha value is -4.22. The number of nitriles is 1. The van der Waals surface area contributed by atoms with E-state index in [2.05, 4.69) is 25.4 Å². The SMILES string of the molecule is Cc1c[nH]c2ncc(CNC(=O)c3cn(Cc4ccc5ncc(Cl)cc5c4)nc3C#N)cc12. The van der Waals surface area contributed by atoms with E-state index in [1.807, 2.05) is 49.5 Å². The Morgan fingerprint density at radius 1 is 1.21 bits per heavy atom. The van der Waals surface area contributed by atoms with Gasteiger partial charge in [0.2, 0.25) is 0 Å². The molecular formula is C24H18ClN7O. The molecule has 0 atom stereocenters. The molecule has 33 heavy (non-hydrogen) atoms. The number of nitrogens with zero attached hydrogens (tertiary/aromatic N) is 5. The van der Waals surface area contributed by atoms with Crippen LogP contribution in [0, 0.1) is 18.3 Å². The van der Waals surface area contributed by atoms with Crippen LogP contribution in [0.4, 0.5) is 0 Å². The number of aromatic nitrogens is 5. The van der Waals surface area contributed by atoms with Crippen molar-refractivity contribution in [3.05, 3.63) is 88.1 Å². The molecule has 4 aromatic heterocycles. The maximum atomic E-state index is 12.8. The van der Waals surface area contributed by atoms with Gasteiger partial charge in [-0.25, -0.2) is 4.98 Å². The Morgan fingerprint density at radius 2 is 2.09 bits per heavy atom. The van der Waals surface area contributed by atoms with Crippen LogP contribution in [0.15, 0.2) is 55.1 Å². The number of aromatic amines is 1. The zero-order chi connectivity index (χ0) is 22.9. The number of rotatable bonds is 5. The second kappa shape index (κ2) is 8.37. The van der Waals surface area contributed by atoms with Crippen LogP contribution in [0.25, 0.3) is 21.9 Å². The first-order chi connectivity index (χ1) is 16.0. The summed E-state index contributed by atoms with van der Waals surface area (Å²) in [5.41, 5.74) is 4.86. The van der Waals surface area contributed by atoms with Crippen LogP contribution >= 0.6 is 11.6 Å². The Bertz CT molecular complexity index is 1560. The first-order valence-corrected chi connectivity index (χ1v) is 10.6. The second-order valence-electron chi connectivity index (χ2n) is 7.78. The Balaban J connectivity index is 1.33. The quantitative estimate of drug-likeness (QED) is 0.414. The molecule has 162 valence electrons. The molecule has 5 aromatic rings. The summed E-state index contributed by atoms with van der Waals surface area (Å²) in [6, 6.07) is 11.6. The summed E-state index contributed by atoms with van der Waals surface area (Å²) in [5, 5.41) is 19.1. The lowest BCUT2D eigenvalue weighted by Crippen LogP contribution is -2.23. The number of carbonyl (C=O) groups is 1. The third-order valence-corrected chi connectivity index (χ3v) is 5.62. The van der Waals surface area contributed by atoms with Crippen molar-refractivity contribution in [2.75, 3.05) is 0 Å². The first kappa shape index (κ1) is 20.7. The number of hydrogen-bond donors (Lipinski definition) is 2. The number of pyridine rings is 2. The molecular weight excluding hydrogens is 438 g/mol. The summed E-state index contributed by atoms with van der Waals surface area (Å²) in [6.07, 6.45) is 6.81.